The first-order valence-corrected chi connectivity index (χ1v) is 6.24. The van der Waals surface area contributed by atoms with Crippen LogP contribution in [0.15, 0.2) is 18.2 Å². The van der Waals surface area contributed by atoms with E-state index in [1.807, 2.05) is 12.1 Å². The molecule has 0 saturated carbocycles. The molecule has 1 aliphatic heterocycles. The number of benzene rings is 1. The number of hydrogen-bond donors (Lipinski definition) is 1. The molecule has 1 aromatic carbocycles. The van der Waals surface area contributed by atoms with Gasteiger partial charge in [0, 0.05) is 12.6 Å². The summed E-state index contributed by atoms with van der Waals surface area (Å²) in [6, 6.07) is 6.07. The van der Waals surface area contributed by atoms with Crippen LogP contribution in [0.4, 0.5) is 0 Å². The SMILES string of the molecule is CCC1Cc2cc(C(=O)O)ccc2CN1CC. The van der Waals surface area contributed by atoms with Crippen LogP contribution in [0.2, 0.25) is 0 Å². The normalized spacial score (nSPS) is 20.0. The van der Waals surface area contributed by atoms with Gasteiger partial charge in [-0.3, -0.25) is 4.90 Å². The smallest absolute Gasteiger partial charge is 0.335 e. The molecule has 1 heterocycles. The van der Waals surface area contributed by atoms with Gasteiger partial charge in [0.25, 0.3) is 0 Å². The highest BCUT2D eigenvalue weighted by Gasteiger charge is 2.24. The molecule has 0 fully saturated rings. The van der Waals surface area contributed by atoms with E-state index >= 15 is 0 Å². The number of fused-ring (bicyclic) bond motifs is 1. The molecule has 0 saturated heterocycles. The Hall–Kier alpha value is -1.35. The van der Waals surface area contributed by atoms with Crippen molar-refractivity contribution in [3.8, 4) is 0 Å². The van der Waals surface area contributed by atoms with E-state index in [-0.39, 0.29) is 0 Å². The van der Waals surface area contributed by atoms with Crippen molar-refractivity contribution in [2.75, 3.05) is 6.54 Å². The quantitative estimate of drug-likeness (QED) is 0.872. The molecule has 0 aromatic heterocycles. The third-order valence-corrected chi connectivity index (χ3v) is 3.68. The van der Waals surface area contributed by atoms with E-state index in [2.05, 4.69) is 18.7 Å². The molecular weight excluding hydrogens is 214 g/mol. The van der Waals surface area contributed by atoms with Gasteiger partial charge in [-0.05, 0) is 42.6 Å². The summed E-state index contributed by atoms with van der Waals surface area (Å²) in [5.74, 6) is -0.834. The average Bonchev–Trinajstić information content (AvgIpc) is 2.36. The van der Waals surface area contributed by atoms with Crippen molar-refractivity contribution in [2.45, 2.75) is 39.3 Å². The second-order valence-electron chi connectivity index (χ2n) is 4.62. The van der Waals surface area contributed by atoms with Crippen LogP contribution in [0.5, 0.6) is 0 Å². The summed E-state index contributed by atoms with van der Waals surface area (Å²) < 4.78 is 0. The number of rotatable bonds is 3. The minimum atomic E-state index is -0.834. The van der Waals surface area contributed by atoms with E-state index < -0.39 is 5.97 Å². The van der Waals surface area contributed by atoms with Crippen molar-refractivity contribution in [3.63, 3.8) is 0 Å². The van der Waals surface area contributed by atoms with Gasteiger partial charge in [-0.25, -0.2) is 4.79 Å². The zero-order valence-corrected chi connectivity index (χ0v) is 10.4. The molecular formula is C14H19NO2. The molecule has 0 radical (unpaired) electrons. The molecule has 1 aromatic rings. The maximum atomic E-state index is 10.9. The molecule has 0 bridgehead atoms. The highest BCUT2D eigenvalue weighted by Crippen LogP contribution is 2.25. The first-order chi connectivity index (χ1) is 8.15. The van der Waals surface area contributed by atoms with Crippen molar-refractivity contribution in [2.24, 2.45) is 0 Å². The molecule has 1 atom stereocenters. The summed E-state index contributed by atoms with van der Waals surface area (Å²) in [5.41, 5.74) is 2.89. The Morgan fingerprint density at radius 3 is 2.76 bits per heavy atom. The largest absolute Gasteiger partial charge is 0.478 e. The predicted molar refractivity (Wildman–Crippen MR) is 67.3 cm³/mol. The Labute approximate surface area is 102 Å². The highest BCUT2D eigenvalue weighted by atomic mass is 16.4. The number of aromatic carboxylic acids is 1. The zero-order valence-electron chi connectivity index (χ0n) is 10.4. The number of hydrogen-bond acceptors (Lipinski definition) is 2. The second-order valence-corrected chi connectivity index (χ2v) is 4.62. The minimum absolute atomic E-state index is 0.406. The minimum Gasteiger partial charge on any atom is -0.478 e. The van der Waals surface area contributed by atoms with Crippen molar-refractivity contribution in [3.05, 3.63) is 34.9 Å². The molecule has 1 unspecified atom stereocenters. The third kappa shape index (κ3) is 2.34. The molecule has 0 amide bonds. The number of carboxylic acid groups (broad SMARTS) is 1. The Balaban J connectivity index is 2.31. The summed E-state index contributed by atoms with van der Waals surface area (Å²) in [6.45, 7) is 6.38. The van der Waals surface area contributed by atoms with E-state index in [0.29, 0.717) is 11.6 Å². The van der Waals surface area contributed by atoms with Crippen LogP contribution in [0.1, 0.15) is 41.8 Å². The number of nitrogens with zero attached hydrogens (tertiary/aromatic N) is 1. The van der Waals surface area contributed by atoms with Gasteiger partial charge < -0.3 is 5.11 Å². The Morgan fingerprint density at radius 1 is 1.41 bits per heavy atom. The fraction of sp³-hybridized carbons (Fsp3) is 0.500. The standard InChI is InChI=1S/C14H19NO2/c1-3-13-8-12-7-10(14(16)17)5-6-11(12)9-15(13)4-2/h5-7,13H,3-4,8-9H2,1-2H3,(H,16,17). The predicted octanol–water partition coefficient (Wildman–Crippen LogP) is 2.54. The first kappa shape index (κ1) is 12.1. The van der Waals surface area contributed by atoms with E-state index in [0.717, 1.165) is 25.9 Å². The number of likely N-dealkylation sites (N-methyl/N-ethyl adjacent to an activating group) is 1. The lowest BCUT2D eigenvalue weighted by atomic mass is 9.91. The third-order valence-electron chi connectivity index (χ3n) is 3.68. The maximum Gasteiger partial charge on any atom is 0.335 e. The van der Waals surface area contributed by atoms with Crippen LogP contribution in [0.25, 0.3) is 0 Å². The van der Waals surface area contributed by atoms with Gasteiger partial charge in [-0.15, -0.1) is 0 Å². The van der Waals surface area contributed by atoms with E-state index in [1.165, 1.54) is 11.1 Å². The topological polar surface area (TPSA) is 40.5 Å². The molecule has 3 heteroatoms. The Kier molecular flexibility index (Phi) is 3.48. The van der Waals surface area contributed by atoms with Crippen molar-refractivity contribution in [1.29, 1.82) is 0 Å². The zero-order chi connectivity index (χ0) is 12.4. The van der Waals surface area contributed by atoms with Crippen LogP contribution < -0.4 is 0 Å². The van der Waals surface area contributed by atoms with Gasteiger partial charge >= 0.3 is 5.97 Å². The molecule has 92 valence electrons. The fourth-order valence-electron chi connectivity index (χ4n) is 2.61. The molecule has 0 aliphatic carbocycles. The van der Waals surface area contributed by atoms with Crippen molar-refractivity contribution >= 4 is 5.97 Å². The Bertz CT molecular complexity index is 428. The summed E-state index contributed by atoms with van der Waals surface area (Å²) in [4.78, 5) is 13.4. The molecule has 0 spiro atoms. The average molecular weight is 233 g/mol. The summed E-state index contributed by atoms with van der Waals surface area (Å²) in [7, 11) is 0. The molecule has 17 heavy (non-hydrogen) atoms. The second kappa shape index (κ2) is 4.88. The van der Waals surface area contributed by atoms with Crippen LogP contribution >= 0.6 is 0 Å². The van der Waals surface area contributed by atoms with Crippen LogP contribution in [0.3, 0.4) is 0 Å². The van der Waals surface area contributed by atoms with E-state index in [4.69, 9.17) is 5.11 Å². The highest BCUT2D eigenvalue weighted by molar-refractivity contribution is 5.87. The molecule has 1 aliphatic rings. The first-order valence-electron chi connectivity index (χ1n) is 6.24. The summed E-state index contributed by atoms with van der Waals surface area (Å²) >= 11 is 0. The lowest BCUT2D eigenvalue weighted by Crippen LogP contribution is -2.39. The molecule has 2 rings (SSSR count). The molecule has 3 nitrogen and oxygen atoms in total. The van der Waals surface area contributed by atoms with Crippen LogP contribution in [0, 0.1) is 0 Å². The fourth-order valence-corrected chi connectivity index (χ4v) is 2.61. The van der Waals surface area contributed by atoms with Crippen molar-refractivity contribution in [1.82, 2.24) is 4.90 Å². The van der Waals surface area contributed by atoms with E-state index in [9.17, 15) is 4.79 Å². The Morgan fingerprint density at radius 2 is 2.18 bits per heavy atom. The van der Waals surface area contributed by atoms with E-state index in [1.54, 1.807) is 6.07 Å². The van der Waals surface area contributed by atoms with Crippen LogP contribution in [-0.2, 0) is 13.0 Å². The van der Waals surface area contributed by atoms with Gasteiger partial charge in [-0.2, -0.15) is 0 Å². The van der Waals surface area contributed by atoms with Gasteiger partial charge in [0.15, 0.2) is 0 Å². The monoisotopic (exact) mass is 233 g/mol. The maximum absolute atomic E-state index is 10.9. The summed E-state index contributed by atoms with van der Waals surface area (Å²) in [6.07, 6.45) is 2.09. The number of carbonyl (C=O) groups is 1. The van der Waals surface area contributed by atoms with Crippen LogP contribution in [-0.4, -0.2) is 28.6 Å². The number of carboxylic acids is 1. The lowest BCUT2D eigenvalue weighted by molar-refractivity contribution is 0.0696. The molecule has 1 N–H and O–H groups in total. The van der Waals surface area contributed by atoms with Gasteiger partial charge in [0.1, 0.15) is 0 Å². The van der Waals surface area contributed by atoms with Gasteiger partial charge in [-0.1, -0.05) is 19.9 Å². The van der Waals surface area contributed by atoms with Gasteiger partial charge in [0.05, 0.1) is 5.56 Å². The summed E-state index contributed by atoms with van der Waals surface area (Å²) in [5, 5.41) is 9.00. The lowest BCUT2D eigenvalue weighted by Gasteiger charge is -2.35. The van der Waals surface area contributed by atoms with Gasteiger partial charge in [0.2, 0.25) is 0 Å². The van der Waals surface area contributed by atoms with Crippen molar-refractivity contribution < 1.29 is 9.90 Å².